The number of hydrogen-bond donors (Lipinski definition) is 3. The highest BCUT2D eigenvalue weighted by Crippen LogP contribution is 2.21. The molecule has 128 valence electrons. The molecule has 2 rings (SSSR count). The summed E-state index contributed by atoms with van der Waals surface area (Å²) in [6, 6.07) is 2.98. The van der Waals surface area contributed by atoms with E-state index in [1.807, 2.05) is 6.92 Å². The number of amides is 1. The first-order chi connectivity index (χ1) is 11.0. The molecule has 2 heterocycles. The van der Waals surface area contributed by atoms with Crippen LogP contribution in [0.15, 0.2) is 16.9 Å². The van der Waals surface area contributed by atoms with Crippen molar-refractivity contribution in [3.8, 4) is 0 Å². The fourth-order valence-corrected chi connectivity index (χ4v) is 2.84. The highest BCUT2D eigenvalue weighted by molar-refractivity contribution is 5.79. The van der Waals surface area contributed by atoms with Crippen molar-refractivity contribution in [1.82, 2.24) is 15.5 Å². The van der Waals surface area contributed by atoms with Crippen LogP contribution in [0.3, 0.4) is 0 Å². The molecule has 1 aromatic rings. The first-order valence-corrected chi connectivity index (χ1v) is 8.27. The average molecular weight is 322 g/mol. The highest BCUT2D eigenvalue weighted by atomic mass is 16.3. The van der Waals surface area contributed by atoms with E-state index >= 15 is 0 Å². The number of rotatable bonds is 6. The predicted octanol–water partition coefficient (Wildman–Crippen LogP) is 0.509. The summed E-state index contributed by atoms with van der Waals surface area (Å²) >= 11 is 0. The number of hydrogen-bond acceptors (Lipinski definition) is 5. The van der Waals surface area contributed by atoms with Gasteiger partial charge in [-0.3, -0.25) is 9.59 Å². The fourth-order valence-electron chi connectivity index (χ4n) is 2.84. The van der Waals surface area contributed by atoms with Crippen LogP contribution >= 0.6 is 0 Å². The number of aromatic amines is 1. The molecule has 0 aromatic carbocycles. The van der Waals surface area contributed by atoms with Crippen molar-refractivity contribution in [2.45, 2.75) is 39.2 Å². The van der Waals surface area contributed by atoms with Gasteiger partial charge in [-0.25, -0.2) is 5.10 Å². The van der Waals surface area contributed by atoms with Crippen LogP contribution in [0.25, 0.3) is 0 Å². The Bertz CT molecular complexity index is 546. The molecule has 0 aliphatic carbocycles. The van der Waals surface area contributed by atoms with Gasteiger partial charge in [0.1, 0.15) is 5.82 Å². The zero-order valence-electron chi connectivity index (χ0n) is 13.8. The maximum atomic E-state index is 12.4. The number of carbonyl (C=O) groups excluding carboxylic acids is 1. The average Bonchev–Trinajstić information content (AvgIpc) is 2.59. The molecular weight excluding hydrogens is 296 g/mol. The fraction of sp³-hybridized carbons (Fsp3) is 0.688. The van der Waals surface area contributed by atoms with Crippen molar-refractivity contribution in [1.29, 1.82) is 0 Å². The summed E-state index contributed by atoms with van der Waals surface area (Å²) in [5.74, 6) is 0.983. The Morgan fingerprint density at radius 3 is 2.70 bits per heavy atom. The number of aliphatic hydroxyl groups excluding tert-OH is 1. The van der Waals surface area contributed by atoms with Crippen molar-refractivity contribution in [3.05, 3.63) is 22.5 Å². The Balaban J connectivity index is 1.87. The standard InChI is InChI=1S/C16H26N4O3/c1-3-11(2)13(10-21)17-16(23)12-6-8-20(9-7-12)14-4-5-15(22)19-18-14/h4-5,11-13,21H,3,6-10H2,1-2H3,(H,17,23)(H,19,22)/t11-,13-/m1/s1. The molecule has 1 fully saturated rings. The molecule has 7 heteroatoms. The van der Waals surface area contributed by atoms with E-state index in [0.717, 1.165) is 38.2 Å². The van der Waals surface area contributed by atoms with Gasteiger partial charge in [0, 0.05) is 25.1 Å². The van der Waals surface area contributed by atoms with Crippen LogP contribution < -0.4 is 15.8 Å². The van der Waals surface area contributed by atoms with Gasteiger partial charge in [-0.15, -0.1) is 0 Å². The van der Waals surface area contributed by atoms with Crippen molar-refractivity contribution >= 4 is 11.7 Å². The van der Waals surface area contributed by atoms with Crippen molar-refractivity contribution in [2.24, 2.45) is 11.8 Å². The Kier molecular flexibility index (Phi) is 6.15. The summed E-state index contributed by atoms with van der Waals surface area (Å²) in [5.41, 5.74) is -0.219. The second kappa shape index (κ2) is 8.10. The van der Waals surface area contributed by atoms with E-state index in [0.29, 0.717) is 0 Å². The normalized spacial score (nSPS) is 18.5. The number of piperidine rings is 1. The van der Waals surface area contributed by atoms with Gasteiger partial charge in [-0.05, 0) is 24.8 Å². The maximum Gasteiger partial charge on any atom is 0.264 e. The van der Waals surface area contributed by atoms with Crippen molar-refractivity contribution in [2.75, 3.05) is 24.6 Å². The molecule has 0 saturated carbocycles. The largest absolute Gasteiger partial charge is 0.394 e. The Morgan fingerprint density at radius 1 is 1.48 bits per heavy atom. The third kappa shape index (κ3) is 4.54. The lowest BCUT2D eigenvalue weighted by Gasteiger charge is -2.33. The molecule has 23 heavy (non-hydrogen) atoms. The molecule has 1 aliphatic heterocycles. The van der Waals surface area contributed by atoms with Gasteiger partial charge in [0.05, 0.1) is 12.6 Å². The van der Waals surface area contributed by atoms with Gasteiger partial charge in [-0.1, -0.05) is 20.3 Å². The predicted molar refractivity (Wildman–Crippen MR) is 88.3 cm³/mol. The lowest BCUT2D eigenvalue weighted by molar-refractivity contribution is -0.127. The first-order valence-electron chi connectivity index (χ1n) is 8.27. The van der Waals surface area contributed by atoms with Crippen LogP contribution in [-0.4, -0.2) is 46.9 Å². The number of carbonyl (C=O) groups is 1. The smallest absolute Gasteiger partial charge is 0.264 e. The number of nitrogens with one attached hydrogen (secondary N) is 2. The minimum Gasteiger partial charge on any atom is -0.394 e. The van der Waals surface area contributed by atoms with E-state index in [2.05, 4.69) is 27.3 Å². The van der Waals surface area contributed by atoms with Crippen LogP contribution in [0.2, 0.25) is 0 Å². The van der Waals surface area contributed by atoms with Crippen LogP contribution in [0.1, 0.15) is 33.1 Å². The monoisotopic (exact) mass is 322 g/mol. The number of nitrogens with zero attached hydrogens (tertiary/aromatic N) is 2. The minimum atomic E-state index is -0.219. The zero-order chi connectivity index (χ0) is 16.8. The highest BCUT2D eigenvalue weighted by Gasteiger charge is 2.28. The summed E-state index contributed by atoms with van der Waals surface area (Å²) in [7, 11) is 0. The molecular formula is C16H26N4O3. The third-order valence-electron chi connectivity index (χ3n) is 4.71. The maximum absolute atomic E-state index is 12.4. The van der Waals surface area contributed by atoms with Crippen LogP contribution in [-0.2, 0) is 4.79 Å². The minimum absolute atomic E-state index is 0.0263. The lowest BCUT2D eigenvalue weighted by atomic mass is 9.94. The number of anilines is 1. The van der Waals surface area contributed by atoms with Gasteiger partial charge in [0.15, 0.2) is 0 Å². The van der Waals surface area contributed by atoms with Crippen molar-refractivity contribution in [3.63, 3.8) is 0 Å². The Labute approximate surface area is 136 Å². The summed E-state index contributed by atoms with van der Waals surface area (Å²) in [6.07, 6.45) is 2.40. The van der Waals surface area contributed by atoms with Crippen LogP contribution in [0.4, 0.5) is 5.82 Å². The SMILES string of the molecule is CC[C@@H](C)[C@@H](CO)NC(=O)C1CCN(c2ccc(=O)[nH]n2)CC1. The van der Waals surface area contributed by atoms with Gasteiger partial charge in [0.2, 0.25) is 5.91 Å². The number of aromatic nitrogens is 2. The van der Waals surface area contributed by atoms with Crippen LogP contribution in [0.5, 0.6) is 0 Å². The molecule has 1 saturated heterocycles. The second-order valence-corrected chi connectivity index (χ2v) is 6.22. The molecule has 0 spiro atoms. The van der Waals surface area contributed by atoms with E-state index < -0.39 is 0 Å². The molecule has 0 unspecified atom stereocenters. The summed E-state index contributed by atoms with van der Waals surface area (Å²) in [4.78, 5) is 25.5. The topological polar surface area (TPSA) is 98.3 Å². The molecule has 1 amide bonds. The first kappa shape index (κ1) is 17.5. The number of aliphatic hydroxyl groups is 1. The van der Waals surface area contributed by atoms with Gasteiger partial charge in [-0.2, -0.15) is 5.10 Å². The van der Waals surface area contributed by atoms with E-state index in [4.69, 9.17) is 0 Å². The summed E-state index contributed by atoms with van der Waals surface area (Å²) < 4.78 is 0. The Hall–Kier alpha value is -1.89. The van der Waals surface area contributed by atoms with E-state index in [1.165, 1.54) is 6.07 Å². The molecule has 2 atom stereocenters. The number of H-pyrrole nitrogens is 1. The molecule has 3 N–H and O–H groups in total. The van der Waals surface area contributed by atoms with Crippen molar-refractivity contribution < 1.29 is 9.90 Å². The van der Waals surface area contributed by atoms with Gasteiger partial charge in [0.25, 0.3) is 5.56 Å². The molecule has 1 aromatic heterocycles. The Morgan fingerprint density at radius 2 is 2.17 bits per heavy atom. The molecule has 0 bridgehead atoms. The lowest BCUT2D eigenvalue weighted by Crippen LogP contribution is -2.47. The quantitative estimate of drug-likeness (QED) is 0.709. The van der Waals surface area contributed by atoms with Crippen LogP contribution in [0, 0.1) is 11.8 Å². The van der Waals surface area contributed by atoms with E-state index in [9.17, 15) is 14.7 Å². The second-order valence-electron chi connectivity index (χ2n) is 6.22. The van der Waals surface area contributed by atoms with Gasteiger partial charge < -0.3 is 15.3 Å². The zero-order valence-corrected chi connectivity index (χ0v) is 13.8. The van der Waals surface area contributed by atoms with Gasteiger partial charge >= 0.3 is 0 Å². The molecule has 1 aliphatic rings. The summed E-state index contributed by atoms with van der Waals surface area (Å²) in [6.45, 7) is 5.51. The van der Waals surface area contributed by atoms with E-state index in [-0.39, 0.29) is 36.0 Å². The molecule has 0 radical (unpaired) electrons. The third-order valence-corrected chi connectivity index (χ3v) is 4.71. The van der Waals surface area contributed by atoms with E-state index in [1.54, 1.807) is 6.07 Å². The molecule has 7 nitrogen and oxygen atoms in total. The summed E-state index contributed by atoms with van der Waals surface area (Å²) in [5, 5.41) is 18.9.